The molecule has 0 atom stereocenters. The molecule has 0 fully saturated rings. The zero-order chi connectivity index (χ0) is 11.7. The fourth-order valence-electron chi connectivity index (χ4n) is 0.574. The molecular formula is C5H15O7Si3. The third-order valence-electron chi connectivity index (χ3n) is 1.17. The molecule has 0 saturated carbocycles. The maximum atomic E-state index is 5.31. The van der Waals surface area contributed by atoms with E-state index in [-0.39, 0.29) is 0 Å². The van der Waals surface area contributed by atoms with Crippen LogP contribution in [0.2, 0.25) is 0 Å². The minimum Gasteiger partial charge on any atom is -0.375 e. The number of rotatable bonds is 9. The molecule has 0 aliphatic carbocycles. The van der Waals surface area contributed by atoms with E-state index in [0.29, 0.717) is 0 Å². The van der Waals surface area contributed by atoms with Gasteiger partial charge in [-0.15, -0.1) is 0 Å². The minimum absolute atomic E-state index is 1.48. The van der Waals surface area contributed by atoms with E-state index in [1.54, 1.807) is 0 Å². The van der Waals surface area contributed by atoms with E-state index >= 15 is 0 Å². The Morgan fingerprint density at radius 2 is 0.733 bits per heavy atom. The smallest absolute Gasteiger partial charge is 0.375 e. The Hall–Kier alpha value is 0.371. The summed E-state index contributed by atoms with van der Waals surface area (Å²) in [4.78, 5) is 0. The monoisotopic (exact) mass is 271 g/mol. The van der Waals surface area contributed by atoms with Gasteiger partial charge in [0.2, 0.25) is 0 Å². The van der Waals surface area contributed by atoms with E-state index in [0.717, 1.165) is 0 Å². The average molecular weight is 271 g/mol. The first-order valence-corrected chi connectivity index (χ1v) is 7.55. The lowest BCUT2D eigenvalue weighted by Crippen LogP contribution is -2.41. The van der Waals surface area contributed by atoms with Gasteiger partial charge in [-0.25, -0.2) is 0 Å². The second-order valence-electron chi connectivity index (χ2n) is 1.97. The van der Waals surface area contributed by atoms with Gasteiger partial charge in [-0.05, 0) is 0 Å². The average Bonchev–Trinajstić information content (AvgIpc) is 2.30. The van der Waals surface area contributed by atoms with E-state index in [9.17, 15) is 0 Å². The third kappa shape index (κ3) is 6.52. The zero-order valence-electron chi connectivity index (χ0n) is 9.36. The molecule has 3 radical (unpaired) electrons. The maximum absolute atomic E-state index is 5.31. The SMILES string of the molecule is CO[Si](OC)O[Si](OC)O[Si](OC)OC. The predicted octanol–water partition coefficient (Wildman–Crippen LogP) is -0.794. The molecule has 0 aromatic rings. The van der Waals surface area contributed by atoms with Gasteiger partial charge < -0.3 is 30.4 Å². The largest absolute Gasteiger partial charge is 0.569 e. The van der Waals surface area contributed by atoms with Crippen molar-refractivity contribution in [3.63, 3.8) is 0 Å². The van der Waals surface area contributed by atoms with Crippen LogP contribution < -0.4 is 0 Å². The van der Waals surface area contributed by atoms with Crippen LogP contribution in [0.15, 0.2) is 0 Å². The Kier molecular flexibility index (Phi) is 9.82. The van der Waals surface area contributed by atoms with Gasteiger partial charge in [0.15, 0.2) is 0 Å². The van der Waals surface area contributed by atoms with Crippen LogP contribution in [-0.4, -0.2) is 64.1 Å². The van der Waals surface area contributed by atoms with E-state index in [4.69, 9.17) is 30.4 Å². The van der Waals surface area contributed by atoms with Crippen molar-refractivity contribution in [1.82, 2.24) is 0 Å². The standard InChI is InChI=1S/C5H15O7Si3/c1-6-13(7-2)11-15(10-5)12-14(8-3)9-4/h1-5H3. The van der Waals surface area contributed by atoms with Crippen LogP contribution in [0.4, 0.5) is 0 Å². The van der Waals surface area contributed by atoms with Crippen LogP contribution >= 0.6 is 0 Å². The highest BCUT2D eigenvalue weighted by Crippen LogP contribution is 1.99. The Bertz CT molecular complexity index is 129. The normalized spacial score (nSPS) is 12.0. The van der Waals surface area contributed by atoms with Gasteiger partial charge in [-0.3, -0.25) is 0 Å². The molecule has 0 heterocycles. The molecule has 0 rings (SSSR count). The Morgan fingerprint density at radius 3 is 0.933 bits per heavy atom. The molecule has 0 aliphatic heterocycles. The summed E-state index contributed by atoms with van der Waals surface area (Å²) in [5.41, 5.74) is 0. The molecule has 15 heavy (non-hydrogen) atoms. The molecule has 0 amide bonds. The third-order valence-corrected chi connectivity index (χ3v) is 5.50. The summed E-state index contributed by atoms with van der Waals surface area (Å²) < 4.78 is 35.4. The predicted molar refractivity (Wildman–Crippen MR) is 54.5 cm³/mol. The van der Waals surface area contributed by atoms with Crippen LogP contribution in [0.25, 0.3) is 0 Å². The molecule has 0 aliphatic rings. The Morgan fingerprint density at radius 1 is 0.467 bits per heavy atom. The molecule has 0 bridgehead atoms. The van der Waals surface area contributed by atoms with E-state index in [1.807, 2.05) is 0 Å². The van der Waals surface area contributed by atoms with Crippen LogP contribution in [-0.2, 0) is 30.4 Å². The molecule has 0 saturated heterocycles. The van der Waals surface area contributed by atoms with Crippen molar-refractivity contribution in [3.8, 4) is 0 Å². The van der Waals surface area contributed by atoms with Crippen molar-refractivity contribution >= 4 is 28.6 Å². The van der Waals surface area contributed by atoms with Gasteiger partial charge in [0, 0.05) is 35.5 Å². The summed E-state index contributed by atoms with van der Waals surface area (Å²) in [5, 5.41) is 0. The van der Waals surface area contributed by atoms with Gasteiger partial charge in [0.25, 0.3) is 0 Å². The van der Waals surface area contributed by atoms with E-state index in [1.165, 1.54) is 35.5 Å². The lowest BCUT2D eigenvalue weighted by molar-refractivity contribution is 0.123. The summed E-state index contributed by atoms with van der Waals surface area (Å²) in [5.74, 6) is 0. The van der Waals surface area contributed by atoms with Gasteiger partial charge in [0.05, 0.1) is 0 Å². The van der Waals surface area contributed by atoms with Crippen molar-refractivity contribution in [2.75, 3.05) is 35.5 Å². The highest BCUT2D eigenvalue weighted by atomic mass is 28.4. The number of hydrogen-bond acceptors (Lipinski definition) is 7. The highest BCUT2D eigenvalue weighted by Gasteiger charge is 2.32. The highest BCUT2D eigenvalue weighted by molar-refractivity contribution is 6.58. The molecule has 0 aromatic heterocycles. The lowest BCUT2D eigenvalue weighted by atomic mass is 11.8. The van der Waals surface area contributed by atoms with Crippen molar-refractivity contribution in [3.05, 3.63) is 0 Å². The molecule has 89 valence electrons. The van der Waals surface area contributed by atoms with Crippen molar-refractivity contribution in [2.45, 2.75) is 0 Å². The first-order valence-electron chi connectivity index (χ1n) is 3.88. The molecule has 0 aromatic carbocycles. The summed E-state index contributed by atoms with van der Waals surface area (Å²) in [6, 6.07) is 0. The topological polar surface area (TPSA) is 64.6 Å². The van der Waals surface area contributed by atoms with Crippen LogP contribution in [0.5, 0.6) is 0 Å². The van der Waals surface area contributed by atoms with Crippen molar-refractivity contribution in [2.24, 2.45) is 0 Å². The molecule has 0 spiro atoms. The van der Waals surface area contributed by atoms with Gasteiger partial charge in [0.1, 0.15) is 0 Å². The Balaban J connectivity index is 4.00. The van der Waals surface area contributed by atoms with Crippen LogP contribution in [0, 0.1) is 0 Å². The van der Waals surface area contributed by atoms with Crippen molar-refractivity contribution < 1.29 is 30.4 Å². The van der Waals surface area contributed by atoms with Crippen molar-refractivity contribution in [1.29, 1.82) is 0 Å². The van der Waals surface area contributed by atoms with Crippen LogP contribution in [0.3, 0.4) is 0 Å². The minimum atomic E-state index is -1.94. The van der Waals surface area contributed by atoms with Crippen LogP contribution in [0.1, 0.15) is 0 Å². The first kappa shape index (κ1) is 15.4. The van der Waals surface area contributed by atoms with Gasteiger partial charge >= 0.3 is 28.6 Å². The zero-order valence-corrected chi connectivity index (χ0v) is 12.4. The maximum Gasteiger partial charge on any atom is 0.569 e. The Labute approximate surface area is 95.0 Å². The van der Waals surface area contributed by atoms with E-state index in [2.05, 4.69) is 0 Å². The summed E-state index contributed by atoms with van der Waals surface area (Å²) in [6.07, 6.45) is 0. The fourth-order valence-corrected chi connectivity index (χ4v) is 4.54. The second-order valence-corrected chi connectivity index (χ2v) is 7.15. The molecule has 0 unspecified atom stereocenters. The molecule has 7 nitrogen and oxygen atoms in total. The second kappa shape index (κ2) is 9.59. The lowest BCUT2D eigenvalue weighted by Gasteiger charge is -2.17. The van der Waals surface area contributed by atoms with E-state index < -0.39 is 28.6 Å². The summed E-state index contributed by atoms with van der Waals surface area (Å²) in [7, 11) is 1.91. The fraction of sp³-hybridized carbons (Fsp3) is 1.00. The summed E-state index contributed by atoms with van der Waals surface area (Å²) >= 11 is 0. The van der Waals surface area contributed by atoms with Gasteiger partial charge in [-0.1, -0.05) is 0 Å². The first-order chi connectivity index (χ1) is 7.21. The quantitative estimate of drug-likeness (QED) is 0.509. The van der Waals surface area contributed by atoms with Gasteiger partial charge in [-0.2, -0.15) is 0 Å². The molecule has 10 heteroatoms. The summed E-state index contributed by atoms with van der Waals surface area (Å²) in [6.45, 7) is 0. The number of hydrogen-bond donors (Lipinski definition) is 0. The molecule has 0 N–H and O–H groups in total. The molecular weight excluding hydrogens is 256 g/mol.